The second-order valence-corrected chi connectivity index (χ2v) is 6.37. The lowest BCUT2D eigenvalue weighted by Gasteiger charge is -2.09. The van der Waals surface area contributed by atoms with E-state index >= 15 is 0 Å². The highest BCUT2D eigenvalue weighted by Crippen LogP contribution is 2.28. The number of pyridine rings is 1. The molecule has 0 saturated heterocycles. The van der Waals surface area contributed by atoms with Crippen LogP contribution in [-0.4, -0.2) is 14.5 Å². The maximum Gasteiger partial charge on any atom is 0.164 e. The second-order valence-electron chi connectivity index (χ2n) is 4.45. The maximum atomic E-state index is 6.36. The summed E-state index contributed by atoms with van der Waals surface area (Å²) in [7, 11) is 0. The summed E-state index contributed by atoms with van der Waals surface area (Å²) in [4.78, 5) is 9.01. The Labute approximate surface area is 140 Å². The highest BCUT2D eigenvalue weighted by molar-refractivity contribution is 14.1. The molecule has 0 N–H and O–H groups in total. The van der Waals surface area contributed by atoms with Gasteiger partial charge in [-0.25, -0.2) is 9.97 Å². The molecule has 0 atom stereocenters. The fourth-order valence-electron chi connectivity index (χ4n) is 2.12. The van der Waals surface area contributed by atoms with Crippen LogP contribution in [0.15, 0.2) is 30.5 Å². The number of aromatic nitrogens is 3. The summed E-state index contributed by atoms with van der Waals surface area (Å²) in [5, 5.41) is 0.657. The number of imidazole rings is 1. The van der Waals surface area contributed by atoms with Crippen molar-refractivity contribution >= 4 is 57.0 Å². The molecule has 3 nitrogen and oxygen atoms in total. The number of aryl methyl sites for hydroxylation is 1. The Morgan fingerprint density at radius 2 is 2.10 bits per heavy atom. The normalized spacial score (nSPS) is 11.2. The molecule has 0 radical (unpaired) electrons. The van der Waals surface area contributed by atoms with Gasteiger partial charge in [0.15, 0.2) is 5.65 Å². The van der Waals surface area contributed by atoms with E-state index in [0.717, 1.165) is 31.8 Å². The van der Waals surface area contributed by atoms with E-state index in [1.165, 1.54) is 0 Å². The monoisotopic (exact) mass is 417 g/mol. The zero-order valence-corrected chi connectivity index (χ0v) is 14.2. The molecule has 0 aliphatic heterocycles. The first kappa shape index (κ1) is 14.1. The number of halogens is 3. The van der Waals surface area contributed by atoms with Gasteiger partial charge >= 0.3 is 0 Å². The Kier molecular flexibility index (Phi) is 3.88. The van der Waals surface area contributed by atoms with E-state index in [2.05, 4.69) is 32.6 Å². The van der Waals surface area contributed by atoms with E-state index in [1.807, 2.05) is 42.0 Å². The van der Waals surface area contributed by atoms with Crippen LogP contribution in [0, 0.1) is 10.5 Å². The van der Waals surface area contributed by atoms with Crippen LogP contribution in [-0.2, 0) is 5.88 Å². The summed E-state index contributed by atoms with van der Waals surface area (Å²) in [6, 6.07) is 7.87. The van der Waals surface area contributed by atoms with Gasteiger partial charge in [-0.05, 0) is 59.3 Å². The molecule has 0 amide bonds. The highest BCUT2D eigenvalue weighted by Gasteiger charge is 2.15. The lowest BCUT2D eigenvalue weighted by Crippen LogP contribution is -2.01. The number of rotatable bonds is 2. The average Bonchev–Trinajstić information content (AvgIpc) is 2.76. The second kappa shape index (κ2) is 5.50. The Hall–Kier alpha value is -0.850. The minimum Gasteiger partial charge on any atom is -0.278 e. The minimum absolute atomic E-state index is 0.303. The molecule has 0 spiro atoms. The Balaban J connectivity index is 2.34. The Morgan fingerprint density at radius 1 is 1.30 bits per heavy atom. The van der Waals surface area contributed by atoms with Crippen LogP contribution < -0.4 is 0 Å². The predicted octanol–water partition coefficient (Wildman–Crippen LogP) is 4.73. The first-order chi connectivity index (χ1) is 9.60. The van der Waals surface area contributed by atoms with E-state index in [4.69, 9.17) is 23.2 Å². The SMILES string of the molecule is Cc1cnc2c(c1)nc(CCl)n2-c1ccc(I)cc1Cl. The predicted molar refractivity (Wildman–Crippen MR) is 90.9 cm³/mol. The van der Waals surface area contributed by atoms with Crippen LogP contribution in [0.3, 0.4) is 0 Å². The van der Waals surface area contributed by atoms with Gasteiger partial charge in [0.05, 0.1) is 16.6 Å². The van der Waals surface area contributed by atoms with Gasteiger partial charge in [-0.3, -0.25) is 4.57 Å². The molecule has 3 rings (SSSR count). The third kappa shape index (κ3) is 2.40. The van der Waals surface area contributed by atoms with Crippen LogP contribution >= 0.6 is 45.8 Å². The molecule has 0 saturated carbocycles. The summed E-state index contributed by atoms with van der Waals surface area (Å²) >= 11 is 14.6. The van der Waals surface area contributed by atoms with E-state index in [1.54, 1.807) is 0 Å². The lowest BCUT2D eigenvalue weighted by molar-refractivity contribution is 0.969. The van der Waals surface area contributed by atoms with Crippen molar-refractivity contribution in [1.82, 2.24) is 14.5 Å². The first-order valence-electron chi connectivity index (χ1n) is 5.95. The number of alkyl halides is 1. The smallest absolute Gasteiger partial charge is 0.164 e. The van der Waals surface area contributed by atoms with Gasteiger partial charge in [-0.15, -0.1) is 11.6 Å². The molecular weight excluding hydrogens is 408 g/mol. The van der Waals surface area contributed by atoms with E-state index in [9.17, 15) is 0 Å². The van der Waals surface area contributed by atoms with Crippen LogP contribution in [0.5, 0.6) is 0 Å². The molecule has 3 aromatic rings. The summed E-state index contributed by atoms with van der Waals surface area (Å²) in [5.41, 5.74) is 3.52. The molecule has 2 aromatic heterocycles. The van der Waals surface area contributed by atoms with Crippen LogP contribution in [0.1, 0.15) is 11.4 Å². The van der Waals surface area contributed by atoms with Gasteiger partial charge in [-0.1, -0.05) is 11.6 Å². The fraction of sp³-hybridized carbons (Fsp3) is 0.143. The summed E-state index contributed by atoms with van der Waals surface area (Å²) in [5.74, 6) is 1.04. The van der Waals surface area contributed by atoms with Crippen LogP contribution in [0.4, 0.5) is 0 Å². The number of benzene rings is 1. The molecule has 6 heteroatoms. The molecular formula is C14H10Cl2IN3. The van der Waals surface area contributed by atoms with Crippen molar-refractivity contribution in [2.45, 2.75) is 12.8 Å². The zero-order chi connectivity index (χ0) is 14.3. The molecule has 102 valence electrons. The van der Waals surface area contributed by atoms with Crippen LogP contribution in [0.2, 0.25) is 5.02 Å². The Morgan fingerprint density at radius 3 is 2.80 bits per heavy atom. The largest absolute Gasteiger partial charge is 0.278 e. The quantitative estimate of drug-likeness (QED) is 0.446. The van der Waals surface area contributed by atoms with Gasteiger partial charge in [0.2, 0.25) is 0 Å². The summed E-state index contributed by atoms with van der Waals surface area (Å²) in [6.45, 7) is 1.99. The zero-order valence-electron chi connectivity index (χ0n) is 10.6. The molecule has 0 fully saturated rings. The molecule has 0 aliphatic carbocycles. The summed E-state index contributed by atoms with van der Waals surface area (Å²) < 4.78 is 3.00. The van der Waals surface area contributed by atoms with Crippen molar-refractivity contribution in [2.24, 2.45) is 0 Å². The third-order valence-corrected chi connectivity index (χ3v) is 4.19. The van der Waals surface area contributed by atoms with E-state index in [0.29, 0.717) is 10.9 Å². The molecule has 20 heavy (non-hydrogen) atoms. The molecule has 0 unspecified atom stereocenters. The number of hydrogen-bond donors (Lipinski definition) is 0. The van der Waals surface area contributed by atoms with Crippen molar-refractivity contribution in [3.63, 3.8) is 0 Å². The van der Waals surface area contributed by atoms with Crippen molar-refractivity contribution in [1.29, 1.82) is 0 Å². The van der Waals surface area contributed by atoms with Gasteiger partial charge in [0, 0.05) is 9.77 Å². The summed E-state index contributed by atoms with van der Waals surface area (Å²) in [6.07, 6.45) is 1.82. The number of hydrogen-bond acceptors (Lipinski definition) is 2. The Bertz CT molecular complexity index is 798. The third-order valence-electron chi connectivity index (χ3n) is 2.97. The van der Waals surface area contributed by atoms with Crippen molar-refractivity contribution < 1.29 is 0 Å². The van der Waals surface area contributed by atoms with Gasteiger partial charge in [0.1, 0.15) is 11.3 Å². The van der Waals surface area contributed by atoms with Gasteiger partial charge < -0.3 is 0 Å². The molecule has 2 heterocycles. The molecule has 1 aromatic carbocycles. The van der Waals surface area contributed by atoms with E-state index < -0.39 is 0 Å². The lowest BCUT2D eigenvalue weighted by atomic mass is 10.3. The number of nitrogens with zero attached hydrogens (tertiary/aromatic N) is 3. The van der Waals surface area contributed by atoms with E-state index in [-0.39, 0.29) is 0 Å². The van der Waals surface area contributed by atoms with Gasteiger partial charge in [0.25, 0.3) is 0 Å². The maximum absolute atomic E-state index is 6.36. The highest BCUT2D eigenvalue weighted by atomic mass is 127. The van der Waals surface area contributed by atoms with Crippen molar-refractivity contribution in [3.8, 4) is 5.69 Å². The number of fused-ring (bicyclic) bond motifs is 1. The first-order valence-corrected chi connectivity index (χ1v) is 7.94. The van der Waals surface area contributed by atoms with Gasteiger partial charge in [-0.2, -0.15) is 0 Å². The van der Waals surface area contributed by atoms with Crippen molar-refractivity contribution in [3.05, 3.63) is 50.4 Å². The standard InChI is InChI=1S/C14H10Cl2IN3/c1-8-4-11-14(18-7-8)20(13(6-15)19-11)12-3-2-9(17)5-10(12)16/h2-5,7H,6H2,1H3. The van der Waals surface area contributed by atoms with Crippen LogP contribution in [0.25, 0.3) is 16.9 Å². The molecule has 0 aliphatic rings. The topological polar surface area (TPSA) is 30.7 Å². The fourth-order valence-corrected chi connectivity index (χ4v) is 3.24. The molecule has 0 bridgehead atoms. The average molecular weight is 418 g/mol. The minimum atomic E-state index is 0.303. The van der Waals surface area contributed by atoms with Crippen molar-refractivity contribution in [2.75, 3.05) is 0 Å².